The van der Waals surface area contributed by atoms with E-state index < -0.39 is 12.1 Å². The number of nitrogens with zero attached hydrogens (tertiary/aromatic N) is 1. The summed E-state index contributed by atoms with van der Waals surface area (Å²) in [5.41, 5.74) is 1.47. The lowest BCUT2D eigenvalue weighted by molar-refractivity contribution is 0.0508. The predicted octanol–water partition coefficient (Wildman–Crippen LogP) is 4.49. The molecule has 0 amide bonds. The Morgan fingerprint density at radius 1 is 1.22 bits per heavy atom. The van der Waals surface area contributed by atoms with Crippen LogP contribution in [0, 0.1) is 0 Å². The van der Waals surface area contributed by atoms with Gasteiger partial charge >= 0.3 is 12.1 Å². The normalized spacial score (nSPS) is 10.7. The highest BCUT2D eigenvalue weighted by molar-refractivity contribution is 9.10. The molecule has 1 aromatic carbocycles. The standard InChI is InChI=1S/C17H18BrNO4/c1-4-22-16(20)14-10-13(18)15(12-8-6-5-7-9-12)19(14)17(21)23-11(2)3/h5-11H,4H2,1-3H3. The van der Waals surface area contributed by atoms with E-state index >= 15 is 0 Å². The van der Waals surface area contributed by atoms with E-state index in [0.717, 1.165) is 5.56 Å². The van der Waals surface area contributed by atoms with Crippen LogP contribution < -0.4 is 0 Å². The molecule has 0 radical (unpaired) electrons. The smallest absolute Gasteiger partial charge is 0.419 e. The molecule has 2 rings (SSSR count). The first-order valence-electron chi connectivity index (χ1n) is 7.30. The van der Waals surface area contributed by atoms with Gasteiger partial charge in [-0.25, -0.2) is 14.2 Å². The molecule has 1 aromatic heterocycles. The Kier molecular flexibility index (Phi) is 5.60. The van der Waals surface area contributed by atoms with E-state index in [2.05, 4.69) is 15.9 Å². The van der Waals surface area contributed by atoms with Crippen LogP contribution in [0.5, 0.6) is 0 Å². The van der Waals surface area contributed by atoms with Crippen LogP contribution in [0.15, 0.2) is 40.9 Å². The zero-order chi connectivity index (χ0) is 17.0. The van der Waals surface area contributed by atoms with Crippen LogP contribution in [-0.4, -0.2) is 29.3 Å². The zero-order valence-corrected chi connectivity index (χ0v) is 14.8. The molecule has 0 unspecified atom stereocenters. The second-order valence-corrected chi connectivity index (χ2v) is 5.93. The molecule has 6 heteroatoms. The van der Waals surface area contributed by atoms with Gasteiger partial charge in [0.2, 0.25) is 0 Å². The number of benzene rings is 1. The summed E-state index contributed by atoms with van der Waals surface area (Å²) >= 11 is 3.42. The fraction of sp³-hybridized carbons (Fsp3) is 0.294. The van der Waals surface area contributed by atoms with Gasteiger partial charge in [-0.05, 0) is 48.3 Å². The van der Waals surface area contributed by atoms with Crippen molar-refractivity contribution in [1.29, 1.82) is 0 Å². The van der Waals surface area contributed by atoms with Crippen LogP contribution in [0.25, 0.3) is 11.3 Å². The molecule has 0 aliphatic heterocycles. The maximum atomic E-state index is 12.5. The van der Waals surface area contributed by atoms with Crippen molar-refractivity contribution in [2.24, 2.45) is 0 Å². The van der Waals surface area contributed by atoms with Crippen LogP contribution in [0.2, 0.25) is 0 Å². The quantitative estimate of drug-likeness (QED) is 0.734. The Labute approximate surface area is 143 Å². The van der Waals surface area contributed by atoms with Crippen molar-refractivity contribution in [3.63, 3.8) is 0 Å². The van der Waals surface area contributed by atoms with Gasteiger partial charge in [-0.3, -0.25) is 0 Å². The minimum atomic E-state index is -0.618. The molecule has 23 heavy (non-hydrogen) atoms. The van der Waals surface area contributed by atoms with Crippen LogP contribution in [0.4, 0.5) is 4.79 Å². The van der Waals surface area contributed by atoms with Crippen molar-refractivity contribution in [2.45, 2.75) is 26.9 Å². The third-order valence-corrected chi connectivity index (χ3v) is 3.61. The zero-order valence-electron chi connectivity index (χ0n) is 13.2. The highest BCUT2D eigenvalue weighted by Crippen LogP contribution is 2.32. The first kappa shape index (κ1) is 17.3. The van der Waals surface area contributed by atoms with Crippen LogP contribution in [0.3, 0.4) is 0 Å². The van der Waals surface area contributed by atoms with Gasteiger partial charge in [-0.15, -0.1) is 0 Å². The van der Waals surface area contributed by atoms with E-state index in [9.17, 15) is 9.59 Å². The molecule has 0 fully saturated rings. The monoisotopic (exact) mass is 379 g/mol. The molecular formula is C17H18BrNO4. The van der Waals surface area contributed by atoms with Gasteiger partial charge < -0.3 is 9.47 Å². The van der Waals surface area contributed by atoms with Gasteiger partial charge in [0, 0.05) is 4.47 Å². The van der Waals surface area contributed by atoms with Gasteiger partial charge in [0.25, 0.3) is 0 Å². The predicted molar refractivity (Wildman–Crippen MR) is 90.5 cm³/mol. The van der Waals surface area contributed by atoms with E-state index in [-0.39, 0.29) is 18.4 Å². The molecule has 0 N–H and O–H groups in total. The SMILES string of the molecule is CCOC(=O)c1cc(Br)c(-c2ccccc2)n1C(=O)OC(C)C. The average molecular weight is 380 g/mol. The van der Waals surface area contributed by atoms with Gasteiger partial charge in [-0.2, -0.15) is 0 Å². The maximum Gasteiger partial charge on any atom is 0.419 e. The lowest BCUT2D eigenvalue weighted by Crippen LogP contribution is -2.23. The molecule has 0 saturated carbocycles. The summed E-state index contributed by atoms with van der Waals surface area (Å²) in [6.07, 6.45) is -0.921. The molecule has 0 aliphatic carbocycles. The highest BCUT2D eigenvalue weighted by Gasteiger charge is 2.26. The Morgan fingerprint density at radius 2 is 1.87 bits per heavy atom. The Bertz CT molecular complexity index is 707. The third kappa shape index (κ3) is 3.82. The number of carbonyl (C=O) groups excluding carboxylic acids is 2. The summed E-state index contributed by atoms with van der Waals surface area (Å²) in [7, 11) is 0. The van der Waals surface area contributed by atoms with Crippen molar-refractivity contribution in [3.05, 3.63) is 46.6 Å². The van der Waals surface area contributed by atoms with E-state index in [1.165, 1.54) is 4.57 Å². The summed E-state index contributed by atoms with van der Waals surface area (Å²) in [5.74, 6) is -0.573. The number of rotatable bonds is 4. The van der Waals surface area contributed by atoms with Crippen molar-refractivity contribution < 1.29 is 19.1 Å². The summed E-state index contributed by atoms with van der Waals surface area (Å²) < 4.78 is 12.2. The summed E-state index contributed by atoms with van der Waals surface area (Å²) in [6.45, 7) is 5.44. The average Bonchev–Trinajstić information content (AvgIpc) is 2.85. The number of ether oxygens (including phenoxy) is 2. The Balaban J connectivity index is 2.61. The molecule has 2 aromatic rings. The number of esters is 1. The lowest BCUT2D eigenvalue weighted by Gasteiger charge is -2.14. The van der Waals surface area contributed by atoms with E-state index in [1.54, 1.807) is 26.8 Å². The second-order valence-electron chi connectivity index (χ2n) is 5.08. The van der Waals surface area contributed by atoms with Crippen LogP contribution in [0.1, 0.15) is 31.3 Å². The molecule has 0 saturated heterocycles. The van der Waals surface area contributed by atoms with Gasteiger partial charge in [-0.1, -0.05) is 30.3 Å². The summed E-state index contributed by atoms with van der Waals surface area (Å²) in [5, 5.41) is 0. The van der Waals surface area contributed by atoms with Crippen molar-refractivity contribution in [2.75, 3.05) is 6.61 Å². The van der Waals surface area contributed by atoms with E-state index in [0.29, 0.717) is 10.2 Å². The number of halogens is 1. The summed E-state index contributed by atoms with van der Waals surface area (Å²) in [6, 6.07) is 10.9. The number of carbonyl (C=O) groups is 2. The first-order chi connectivity index (χ1) is 11.0. The fourth-order valence-electron chi connectivity index (χ4n) is 2.14. The largest absolute Gasteiger partial charge is 0.461 e. The molecule has 0 bridgehead atoms. The van der Waals surface area contributed by atoms with E-state index in [1.807, 2.05) is 30.3 Å². The molecule has 0 spiro atoms. The van der Waals surface area contributed by atoms with Crippen LogP contribution >= 0.6 is 15.9 Å². The molecule has 0 atom stereocenters. The number of hydrogen-bond acceptors (Lipinski definition) is 4. The van der Waals surface area contributed by atoms with Crippen molar-refractivity contribution in [1.82, 2.24) is 4.57 Å². The second kappa shape index (κ2) is 7.46. The van der Waals surface area contributed by atoms with Crippen molar-refractivity contribution in [3.8, 4) is 11.3 Å². The fourth-order valence-corrected chi connectivity index (χ4v) is 2.77. The van der Waals surface area contributed by atoms with Crippen molar-refractivity contribution >= 4 is 28.0 Å². The molecule has 0 aliphatic rings. The van der Waals surface area contributed by atoms with Gasteiger partial charge in [0.1, 0.15) is 5.69 Å². The van der Waals surface area contributed by atoms with Gasteiger partial charge in [0.15, 0.2) is 0 Å². The Hall–Kier alpha value is -2.08. The van der Waals surface area contributed by atoms with Crippen LogP contribution in [-0.2, 0) is 9.47 Å². The van der Waals surface area contributed by atoms with Gasteiger partial charge in [0.05, 0.1) is 18.4 Å². The lowest BCUT2D eigenvalue weighted by atomic mass is 10.1. The minimum Gasteiger partial charge on any atom is -0.461 e. The molecule has 1 heterocycles. The summed E-state index contributed by atoms with van der Waals surface area (Å²) in [4.78, 5) is 24.7. The Morgan fingerprint density at radius 3 is 2.43 bits per heavy atom. The number of hydrogen-bond donors (Lipinski definition) is 0. The first-order valence-corrected chi connectivity index (χ1v) is 8.09. The minimum absolute atomic E-state index is 0.128. The molecule has 5 nitrogen and oxygen atoms in total. The van der Waals surface area contributed by atoms with E-state index in [4.69, 9.17) is 9.47 Å². The number of aromatic nitrogens is 1. The molecule has 122 valence electrons. The third-order valence-electron chi connectivity index (χ3n) is 3.01. The maximum absolute atomic E-state index is 12.5. The highest BCUT2D eigenvalue weighted by atomic mass is 79.9. The molecular weight excluding hydrogens is 362 g/mol. The topological polar surface area (TPSA) is 57.5 Å².